The first-order chi connectivity index (χ1) is 6.63. The molecule has 0 unspecified atom stereocenters. The first-order valence-corrected chi connectivity index (χ1v) is 4.70. The van der Waals surface area contributed by atoms with Crippen LogP contribution in [0, 0.1) is 16.7 Å². The minimum atomic E-state index is -0.438. The van der Waals surface area contributed by atoms with Crippen molar-refractivity contribution in [2.24, 2.45) is 0 Å². The molecule has 0 heterocycles. The van der Waals surface area contributed by atoms with E-state index in [9.17, 15) is 10.1 Å². The monoisotopic (exact) mass is 254 g/mol. The third-order valence-electron chi connectivity index (χ3n) is 1.67. The van der Waals surface area contributed by atoms with Crippen LogP contribution in [0.15, 0.2) is 22.7 Å². The molecule has 14 heavy (non-hydrogen) atoms. The maximum absolute atomic E-state index is 10.5. The summed E-state index contributed by atoms with van der Waals surface area (Å²) in [5.74, 6) is 0. The van der Waals surface area contributed by atoms with Gasteiger partial charge in [0.2, 0.25) is 6.54 Å². The Kier molecular flexibility index (Phi) is 3.60. The summed E-state index contributed by atoms with van der Waals surface area (Å²) >= 11 is 3.19. The fraction of sp³-hybridized carbons (Fsp3) is 0.222. The van der Waals surface area contributed by atoms with E-state index < -0.39 is 4.92 Å². The van der Waals surface area contributed by atoms with E-state index in [1.807, 2.05) is 0 Å². The highest BCUT2D eigenvalue weighted by Crippen LogP contribution is 2.21. The molecule has 0 fully saturated rings. The molecule has 0 aliphatic heterocycles. The summed E-state index contributed by atoms with van der Waals surface area (Å²) in [7, 11) is 0. The van der Waals surface area contributed by atoms with Gasteiger partial charge in [-0.3, -0.25) is 10.1 Å². The molecule has 1 rings (SSSR count). The number of non-ortho nitro benzene ring substituents is 1. The van der Waals surface area contributed by atoms with E-state index in [1.54, 1.807) is 6.07 Å². The molecule has 0 saturated carbocycles. The normalized spacial score (nSPS) is 9.43. The Bertz CT molecular complexity index is 398. The highest BCUT2D eigenvalue weighted by atomic mass is 79.9. The number of halogens is 1. The van der Waals surface area contributed by atoms with E-state index in [4.69, 9.17) is 6.57 Å². The molecule has 0 aliphatic rings. The Balaban J connectivity index is 2.96. The van der Waals surface area contributed by atoms with E-state index in [0.29, 0.717) is 17.4 Å². The third kappa shape index (κ3) is 2.82. The van der Waals surface area contributed by atoms with E-state index >= 15 is 0 Å². The predicted octanol–water partition coefficient (Wildman–Crippen LogP) is 2.82. The SMILES string of the molecule is [C-]#[N+]CCc1cc(Br)cc([N+](=O)[O-])c1. The van der Waals surface area contributed by atoms with E-state index in [0.717, 1.165) is 5.56 Å². The van der Waals surface area contributed by atoms with Crippen LogP contribution < -0.4 is 0 Å². The van der Waals surface area contributed by atoms with Crippen molar-refractivity contribution in [3.05, 3.63) is 49.8 Å². The van der Waals surface area contributed by atoms with Crippen LogP contribution in [-0.4, -0.2) is 11.5 Å². The average molecular weight is 255 g/mol. The zero-order valence-corrected chi connectivity index (χ0v) is 8.82. The number of nitrogens with zero attached hydrogens (tertiary/aromatic N) is 2. The van der Waals surface area contributed by atoms with Gasteiger partial charge in [-0.2, -0.15) is 0 Å². The molecule has 0 bridgehead atoms. The van der Waals surface area contributed by atoms with Crippen LogP contribution in [0.4, 0.5) is 5.69 Å². The standard InChI is InChI=1S/C9H7BrN2O2/c1-11-3-2-7-4-8(10)6-9(5-7)12(13)14/h4-6H,2-3H2. The first-order valence-electron chi connectivity index (χ1n) is 3.90. The van der Waals surface area contributed by atoms with Gasteiger partial charge in [0, 0.05) is 23.0 Å². The molecule has 4 nitrogen and oxygen atoms in total. The van der Waals surface area contributed by atoms with Gasteiger partial charge < -0.3 is 4.85 Å². The molecular weight excluding hydrogens is 248 g/mol. The molecule has 0 atom stereocenters. The van der Waals surface area contributed by atoms with E-state index in [2.05, 4.69) is 20.8 Å². The van der Waals surface area contributed by atoms with Crippen LogP contribution in [0.3, 0.4) is 0 Å². The van der Waals surface area contributed by atoms with Crippen LogP contribution in [0.5, 0.6) is 0 Å². The van der Waals surface area contributed by atoms with Crippen LogP contribution in [0.25, 0.3) is 4.85 Å². The summed E-state index contributed by atoms with van der Waals surface area (Å²) in [4.78, 5) is 13.3. The molecule has 72 valence electrons. The molecular formula is C9H7BrN2O2. The topological polar surface area (TPSA) is 47.5 Å². The lowest BCUT2D eigenvalue weighted by molar-refractivity contribution is -0.385. The Morgan fingerprint density at radius 2 is 2.21 bits per heavy atom. The minimum Gasteiger partial charge on any atom is -0.317 e. The lowest BCUT2D eigenvalue weighted by Crippen LogP contribution is -1.92. The van der Waals surface area contributed by atoms with Gasteiger partial charge in [-0.25, -0.2) is 6.57 Å². The van der Waals surface area contributed by atoms with E-state index in [-0.39, 0.29) is 5.69 Å². The van der Waals surface area contributed by atoms with Crippen molar-refractivity contribution < 1.29 is 4.92 Å². The number of nitro groups is 1. The summed E-state index contributed by atoms with van der Waals surface area (Å²) < 4.78 is 0.673. The molecule has 0 spiro atoms. The third-order valence-corrected chi connectivity index (χ3v) is 2.12. The number of nitro benzene ring substituents is 1. The second-order valence-corrected chi connectivity index (χ2v) is 3.62. The summed E-state index contributed by atoms with van der Waals surface area (Å²) in [5, 5.41) is 10.5. The number of hydrogen-bond acceptors (Lipinski definition) is 2. The summed E-state index contributed by atoms with van der Waals surface area (Å²) in [5.41, 5.74) is 0.862. The van der Waals surface area contributed by atoms with Crippen molar-refractivity contribution in [3.63, 3.8) is 0 Å². The van der Waals surface area contributed by atoms with Crippen LogP contribution in [0.2, 0.25) is 0 Å². The average Bonchev–Trinajstić information content (AvgIpc) is 2.14. The Labute approximate surface area is 89.6 Å². The van der Waals surface area contributed by atoms with E-state index in [1.165, 1.54) is 12.1 Å². The Hall–Kier alpha value is -1.41. The maximum atomic E-state index is 10.5. The molecule has 5 heteroatoms. The number of rotatable bonds is 3. The fourth-order valence-electron chi connectivity index (χ4n) is 1.07. The molecule has 0 aromatic heterocycles. The van der Waals surface area contributed by atoms with Crippen LogP contribution >= 0.6 is 15.9 Å². The van der Waals surface area contributed by atoms with Gasteiger partial charge in [-0.1, -0.05) is 15.9 Å². The van der Waals surface area contributed by atoms with Crippen molar-refractivity contribution in [2.75, 3.05) is 6.54 Å². The van der Waals surface area contributed by atoms with Gasteiger partial charge in [0.25, 0.3) is 5.69 Å². The highest BCUT2D eigenvalue weighted by molar-refractivity contribution is 9.10. The first kappa shape index (κ1) is 10.7. The fourth-order valence-corrected chi connectivity index (χ4v) is 1.60. The quantitative estimate of drug-likeness (QED) is 0.473. The van der Waals surface area contributed by atoms with Crippen molar-refractivity contribution in [3.8, 4) is 0 Å². The second kappa shape index (κ2) is 4.72. The van der Waals surface area contributed by atoms with Crippen LogP contribution in [0.1, 0.15) is 5.56 Å². The van der Waals surface area contributed by atoms with Crippen molar-refractivity contribution in [1.29, 1.82) is 0 Å². The van der Waals surface area contributed by atoms with Crippen molar-refractivity contribution >= 4 is 21.6 Å². The van der Waals surface area contributed by atoms with Crippen LogP contribution in [-0.2, 0) is 6.42 Å². The Morgan fingerprint density at radius 3 is 2.79 bits per heavy atom. The molecule has 0 saturated heterocycles. The van der Waals surface area contributed by atoms with Crippen molar-refractivity contribution in [2.45, 2.75) is 6.42 Å². The molecule has 0 radical (unpaired) electrons. The van der Waals surface area contributed by atoms with Gasteiger partial charge in [0.15, 0.2) is 0 Å². The highest BCUT2D eigenvalue weighted by Gasteiger charge is 2.08. The van der Waals surface area contributed by atoms with Gasteiger partial charge in [0.05, 0.1) is 4.92 Å². The summed E-state index contributed by atoms with van der Waals surface area (Å²) in [6.45, 7) is 6.98. The number of benzene rings is 1. The molecule has 0 N–H and O–H groups in total. The molecule has 1 aromatic rings. The number of hydrogen-bond donors (Lipinski definition) is 0. The second-order valence-electron chi connectivity index (χ2n) is 2.71. The lowest BCUT2D eigenvalue weighted by Gasteiger charge is -1.98. The smallest absolute Gasteiger partial charge is 0.270 e. The summed E-state index contributed by atoms with van der Waals surface area (Å²) in [6, 6.07) is 4.73. The minimum absolute atomic E-state index is 0.0550. The van der Waals surface area contributed by atoms with Crippen molar-refractivity contribution in [1.82, 2.24) is 0 Å². The van der Waals surface area contributed by atoms with Gasteiger partial charge in [-0.05, 0) is 11.6 Å². The van der Waals surface area contributed by atoms with Gasteiger partial charge in [0.1, 0.15) is 0 Å². The summed E-state index contributed by atoms with van der Waals surface area (Å²) in [6.07, 6.45) is 0.545. The lowest BCUT2D eigenvalue weighted by atomic mass is 10.1. The largest absolute Gasteiger partial charge is 0.317 e. The molecule has 0 amide bonds. The van der Waals surface area contributed by atoms with Gasteiger partial charge >= 0.3 is 0 Å². The maximum Gasteiger partial charge on any atom is 0.270 e. The zero-order chi connectivity index (χ0) is 10.6. The molecule has 1 aromatic carbocycles. The Morgan fingerprint density at radius 1 is 1.50 bits per heavy atom. The zero-order valence-electron chi connectivity index (χ0n) is 7.24. The molecule has 0 aliphatic carbocycles. The van der Waals surface area contributed by atoms with Gasteiger partial charge in [-0.15, -0.1) is 0 Å². The predicted molar refractivity (Wildman–Crippen MR) is 56.0 cm³/mol.